The second-order valence-electron chi connectivity index (χ2n) is 5.94. The molecule has 0 unspecified atom stereocenters. The SMILES string of the molecule is O=C(Nc1ccc2c(c1)OC(F)(F)O2)N(Cc1ccccn1)C1CC1. The molecule has 1 aliphatic heterocycles. The van der Waals surface area contributed by atoms with E-state index in [0.717, 1.165) is 18.5 Å². The van der Waals surface area contributed by atoms with Crippen molar-refractivity contribution in [2.24, 2.45) is 0 Å². The van der Waals surface area contributed by atoms with E-state index in [0.29, 0.717) is 12.2 Å². The molecular weight excluding hydrogens is 332 g/mol. The molecule has 1 aromatic heterocycles. The molecule has 2 aliphatic rings. The van der Waals surface area contributed by atoms with Crippen molar-refractivity contribution in [1.29, 1.82) is 0 Å². The lowest BCUT2D eigenvalue weighted by Crippen LogP contribution is -2.36. The van der Waals surface area contributed by atoms with Crippen molar-refractivity contribution in [3.8, 4) is 11.5 Å². The summed E-state index contributed by atoms with van der Waals surface area (Å²) in [7, 11) is 0. The third kappa shape index (κ3) is 3.47. The highest BCUT2D eigenvalue weighted by Crippen LogP contribution is 2.42. The fourth-order valence-electron chi connectivity index (χ4n) is 2.64. The fourth-order valence-corrected chi connectivity index (χ4v) is 2.64. The first-order valence-corrected chi connectivity index (χ1v) is 7.88. The number of carbonyl (C=O) groups is 1. The van der Waals surface area contributed by atoms with Crippen LogP contribution in [0.1, 0.15) is 18.5 Å². The minimum absolute atomic E-state index is 0.0597. The Morgan fingerprint density at radius 3 is 2.76 bits per heavy atom. The van der Waals surface area contributed by atoms with Gasteiger partial charge in [-0.3, -0.25) is 4.98 Å². The van der Waals surface area contributed by atoms with Crippen LogP contribution in [0.2, 0.25) is 0 Å². The zero-order valence-electron chi connectivity index (χ0n) is 13.1. The number of fused-ring (bicyclic) bond motifs is 1. The van der Waals surface area contributed by atoms with Gasteiger partial charge in [-0.05, 0) is 37.1 Å². The number of amides is 2. The number of nitrogens with one attached hydrogen (secondary N) is 1. The topological polar surface area (TPSA) is 63.7 Å². The van der Waals surface area contributed by atoms with Crippen LogP contribution < -0.4 is 14.8 Å². The molecule has 4 rings (SSSR count). The molecule has 2 amide bonds. The second-order valence-corrected chi connectivity index (χ2v) is 5.94. The number of anilines is 1. The van der Waals surface area contributed by atoms with E-state index in [4.69, 9.17) is 0 Å². The van der Waals surface area contributed by atoms with Gasteiger partial charge in [-0.2, -0.15) is 0 Å². The van der Waals surface area contributed by atoms with Gasteiger partial charge in [0.25, 0.3) is 0 Å². The van der Waals surface area contributed by atoms with E-state index in [9.17, 15) is 13.6 Å². The first-order valence-electron chi connectivity index (χ1n) is 7.88. The quantitative estimate of drug-likeness (QED) is 0.918. The van der Waals surface area contributed by atoms with Gasteiger partial charge in [-0.1, -0.05) is 6.07 Å². The Bertz CT molecular complexity index is 797. The third-order valence-electron chi connectivity index (χ3n) is 3.96. The predicted molar refractivity (Wildman–Crippen MR) is 84.5 cm³/mol. The van der Waals surface area contributed by atoms with Gasteiger partial charge in [0.1, 0.15) is 0 Å². The molecule has 2 aromatic rings. The molecule has 1 aromatic carbocycles. The number of ether oxygens (including phenoxy) is 2. The molecule has 0 spiro atoms. The molecule has 1 N–H and O–H groups in total. The summed E-state index contributed by atoms with van der Waals surface area (Å²) in [5.74, 6) is -0.166. The van der Waals surface area contributed by atoms with Crippen LogP contribution in [0.4, 0.5) is 19.3 Å². The highest BCUT2D eigenvalue weighted by molar-refractivity contribution is 5.90. The number of carbonyl (C=O) groups excluding carboxylic acids is 1. The van der Waals surface area contributed by atoms with Crippen LogP contribution >= 0.6 is 0 Å². The molecule has 0 radical (unpaired) electrons. The highest BCUT2D eigenvalue weighted by atomic mass is 19.3. The van der Waals surface area contributed by atoms with E-state index in [-0.39, 0.29) is 23.6 Å². The maximum atomic E-state index is 13.1. The average molecular weight is 347 g/mol. The lowest BCUT2D eigenvalue weighted by molar-refractivity contribution is -0.286. The summed E-state index contributed by atoms with van der Waals surface area (Å²) in [6.45, 7) is 0.389. The van der Waals surface area contributed by atoms with Crippen LogP contribution in [0.5, 0.6) is 11.5 Å². The molecule has 0 atom stereocenters. The van der Waals surface area contributed by atoms with Crippen LogP contribution in [0.3, 0.4) is 0 Å². The van der Waals surface area contributed by atoms with E-state index in [2.05, 4.69) is 19.8 Å². The van der Waals surface area contributed by atoms with Crippen molar-refractivity contribution in [1.82, 2.24) is 9.88 Å². The van der Waals surface area contributed by atoms with Crippen LogP contribution in [0.15, 0.2) is 42.6 Å². The van der Waals surface area contributed by atoms with E-state index in [1.807, 2.05) is 18.2 Å². The van der Waals surface area contributed by atoms with Gasteiger partial charge in [-0.25, -0.2) is 4.79 Å². The summed E-state index contributed by atoms with van der Waals surface area (Å²) in [6, 6.07) is 9.54. The lowest BCUT2D eigenvalue weighted by Gasteiger charge is -2.22. The molecule has 0 saturated heterocycles. The number of hydrogen-bond acceptors (Lipinski definition) is 4. The summed E-state index contributed by atoms with van der Waals surface area (Å²) in [5.41, 5.74) is 1.14. The molecule has 0 bridgehead atoms. The Morgan fingerprint density at radius 2 is 2.04 bits per heavy atom. The first kappa shape index (κ1) is 15.6. The Balaban J connectivity index is 1.47. The van der Waals surface area contributed by atoms with Gasteiger partial charge in [0.05, 0.1) is 12.2 Å². The molecule has 6 nitrogen and oxygen atoms in total. The van der Waals surface area contributed by atoms with Crippen LogP contribution in [0.25, 0.3) is 0 Å². The molecule has 1 aliphatic carbocycles. The molecule has 1 saturated carbocycles. The summed E-state index contributed by atoms with van der Waals surface area (Å²) in [6.07, 6.45) is -0.123. The average Bonchev–Trinajstić information content (AvgIpc) is 3.35. The van der Waals surface area contributed by atoms with Gasteiger partial charge in [0.15, 0.2) is 11.5 Å². The number of halogens is 2. The maximum absolute atomic E-state index is 13.1. The minimum atomic E-state index is -3.68. The number of aromatic nitrogens is 1. The molecule has 1 fully saturated rings. The van der Waals surface area contributed by atoms with Gasteiger partial charge in [0, 0.05) is 24.0 Å². The zero-order valence-corrected chi connectivity index (χ0v) is 13.1. The van der Waals surface area contributed by atoms with E-state index >= 15 is 0 Å². The van der Waals surface area contributed by atoms with Crippen molar-refractivity contribution in [2.75, 3.05) is 5.32 Å². The van der Waals surface area contributed by atoms with Gasteiger partial charge >= 0.3 is 12.3 Å². The van der Waals surface area contributed by atoms with Crippen molar-refractivity contribution in [3.63, 3.8) is 0 Å². The number of benzene rings is 1. The Labute approximate surface area is 142 Å². The molecule has 2 heterocycles. The van der Waals surface area contributed by atoms with Crippen molar-refractivity contribution in [3.05, 3.63) is 48.3 Å². The number of nitrogens with zero attached hydrogens (tertiary/aromatic N) is 2. The summed E-state index contributed by atoms with van der Waals surface area (Å²) < 4.78 is 34.9. The number of pyridine rings is 1. The second kappa shape index (κ2) is 5.87. The first-order chi connectivity index (χ1) is 12.0. The molecule has 130 valence electrons. The fraction of sp³-hybridized carbons (Fsp3) is 0.294. The van der Waals surface area contributed by atoms with Gasteiger partial charge < -0.3 is 19.7 Å². The Hall–Kier alpha value is -2.90. The van der Waals surface area contributed by atoms with Crippen molar-refractivity contribution >= 4 is 11.7 Å². The predicted octanol–water partition coefficient (Wildman–Crippen LogP) is 3.60. The monoisotopic (exact) mass is 347 g/mol. The van der Waals surface area contributed by atoms with E-state index in [1.54, 1.807) is 11.1 Å². The molecular formula is C17H15F2N3O3. The summed E-state index contributed by atoms with van der Waals surface area (Å²) >= 11 is 0. The largest absolute Gasteiger partial charge is 0.586 e. The Kier molecular flexibility index (Phi) is 3.67. The third-order valence-corrected chi connectivity index (χ3v) is 3.96. The van der Waals surface area contributed by atoms with Crippen LogP contribution in [-0.4, -0.2) is 28.3 Å². The van der Waals surface area contributed by atoms with E-state index in [1.165, 1.54) is 18.2 Å². The Morgan fingerprint density at radius 1 is 1.24 bits per heavy atom. The van der Waals surface area contributed by atoms with E-state index < -0.39 is 6.29 Å². The summed E-state index contributed by atoms with van der Waals surface area (Å²) in [4.78, 5) is 18.5. The lowest BCUT2D eigenvalue weighted by atomic mass is 10.3. The zero-order chi connectivity index (χ0) is 17.4. The van der Waals surface area contributed by atoms with Gasteiger partial charge in [0.2, 0.25) is 0 Å². The van der Waals surface area contributed by atoms with Crippen molar-refractivity contribution in [2.45, 2.75) is 31.7 Å². The van der Waals surface area contributed by atoms with Crippen molar-refractivity contribution < 1.29 is 23.0 Å². The number of hydrogen-bond donors (Lipinski definition) is 1. The van der Waals surface area contributed by atoms with Crippen LogP contribution in [0, 0.1) is 0 Å². The van der Waals surface area contributed by atoms with Gasteiger partial charge in [-0.15, -0.1) is 8.78 Å². The highest BCUT2D eigenvalue weighted by Gasteiger charge is 2.43. The number of alkyl halides is 2. The normalized spacial score (nSPS) is 17.2. The number of urea groups is 1. The summed E-state index contributed by atoms with van der Waals surface area (Å²) in [5, 5.41) is 2.72. The maximum Gasteiger partial charge on any atom is 0.586 e. The van der Waals surface area contributed by atoms with Crippen LogP contribution in [-0.2, 0) is 6.54 Å². The smallest absolute Gasteiger partial charge is 0.395 e. The number of rotatable bonds is 4. The molecule has 8 heteroatoms. The minimum Gasteiger partial charge on any atom is -0.395 e. The standard InChI is InChI=1S/C17H15F2N3O3/c18-17(19)24-14-7-4-11(9-15(14)25-17)21-16(23)22(13-5-6-13)10-12-3-1-2-8-20-12/h1-4,7-9,13H,5-6,10H2,(H,21,23). The molecule has 25 heavy (non-hydrogen) atoms.